The van der Waals surface area contributed by atoms with Crippen LogP contribution in [-0.4, -0.2) is 71.1 Å². The third kappa shape index (κ3) is 3.01. The lowest BCUT2D eigenvalue weighted by Crippen LogP contribution is -2.50. The molecule has 2 amide bonds. The van der Waals surface area contributed by atoms with Gasteiger partial charge in [-0.25, -0.2) is 4.98 Å². The SMILES string of the molecule is CC(=O)N1[C@H](Cn2cncn2)C[C@@H]2CN(C(=O)c3csnn3)CC[C@@H]21. The van der Waals surface area contributed by atoms with E-state index in [-0.39, 0.29) is 29.8 Å². The molecule has 0 aliphatic carbocycles. The highest BCUT2D eigenvalue weighted by molar-refractivity contribution is 7.03. The summed E-state index contributed by atoms with van der Waals surface area (Å²) < 4.78 is 5.53. The topological polar surface area (TPSA) is 97.1 Å². The average molecular weight is 361 g/mol. The molecule has 3 atom stereocenters. The summed E-state index contributed by atoms with van der Waals surface area (Å²) in [4.78, 5) is 32.6. The zero-order chi connectivity index (χ0) is 17.4. The molecule has 2 aliphatic heterocycles. The number of fused-ring (bicyclic) bond motifs is 1. The molecule has 0 saturated carbocycles. The number of amides is 2. The molecule has 0 aromatic carbocycles. The molecule has 2 aliphatic rings. The van der Waals surface area contributed by atoms with Crippen LogP contribution in [0.4, 0.5) is 0 Å². The van der Waals surface area contributed by atoms with Gasteiger partial charge in [-0.15, -0.1) is 5.10 Å². The van der Waals surface area contributed by atoms with Gasteiger partial charge < -0.3 is 9.80 Å². The van der Waals surface area contributed by atoms with Crippen molar-refractivity contribution in [2.45, 2.75) is 38.4 Å². The number of carbonyl (C=O) groups is 2. The first-order valence-electron chi connectivity index (χ1n) is 8.31. The molecule has 132 valence electrons. The molecule has 2 saturated heterocycles. The first kappa shape index (κ1) is 16.1. The van der Waals surface area contributed by atoms with Crippen LogP contribution in [0, 0.1) is 5.92 Å². The van der Waals surface area contributed by atoms with E-state index in [0.717, 1.165) is 12.8 Å². The van der Waals surface area contributed by atoms with E-state index in [2.05, 4.69) is 19.7 Å². The van der Waals surface area contributed by atoms with Crippen LogP contribution in [0.5, 0.6) is 0 Å². The molecule has 2 aromatic heterocycles. The van der Waals surface area contributed by atoms with E-state index in [1.807, 2.05) is 9.80 Å². The van der Waals surface area contributed by atoms with Crippen molar-refractivity contribution in [3.05, 3.63) is 23.7 Å². The molecular weight excluding hydrogens is 342 g/mol. The van der Waals surface area contributed by atoms with Crippen LogP contribution in [0.1, 0.15) is 30.3 Å². The summed E-state index contributed by atoms with van der Waals surface area (Å²) >= 11 is 1.18. The number of likely N-dealkylation sites (tertiary alicyclic amines) is 2. The maximum atomic E-state index is 12.5. The van der Waals surface area contributed by atoms with Crippen LogP contribution in [0.2, 0.25) is 0 Å². The Morgan fingerprint density at radius 3 is 2.96 bits per heavy atom. The van der Waals surface area contributed by atoms with Crippen LogP contribution >= 0.6 is 11.5 Å². The third-order valence-corrected chi connectivity index (χ3v) is 5.62. The number of aromatic nitrogens is 5. The van der Waals surface area contributed by atoms with Gasteiger partial charge in [0.05, 0.1) is 12.6 Å². The molecule has 9 nitrogen and oxygen atoms in total. The molecule has 2 aromatic rings. The lowest BCUT2D eigenvalue weighted by atomic mass is 9.92. The number of rotatable bonds is 3. The molecular formula is C15H19N7O2S. The van der Waals surface area contributed by atoms with Crippen molar-refractivity contribution in [3.63, 3.8) is 0 Å². The van der Waals surface area contributed by atoms with E-state index >= 15 is 0 Å². The lowest BCUT2D eigenvalue weighted by Gasteiger charge is -2.38. The fourth-order valence-electron chi connectivity index (χ4n) is 4.15. The van der Waals surface area contributed by atoms with E-state index in [9.17, 15) is 9.59 Å². The molecule has 4 heterocycles. The van der Waals surface area contributed by atoms with Gasteiger partial charge in [0.25, 0.3) is 5.91 Å². The van der Waals surface area contributed by atoms with Crippen LogP contribution in [0.15, 0.2) is 18.0 Å². The molecule has 10 heteroatoms. The van der Waals surface area contributed by atoms with Gasteiger partial charge in [-0.2, -0.15) is 5.10 Å². The van der Waals surface area contributed by atoms with Crippen molar-refractivity contribution < 1.29 is 9.59 Å². The quantitative estimate of drug-likeness (QED) is 0.779. The largest absolute Gasteiger partial charge is 0.337 e. The first-order valence-corrected chi connectivity index (χ1v) is 9.15. The highest BCUT2D eigenvalue weighted by Gasteiger charge is 2.46. The van der Waals surface area contributed by atoms with Crippen LogP contribution < -0.4 is 0 Å². The number of hydrogen-bond acceptors (Lipinski definition) is 7. The Kier molecular flexibility index (Phi) is 4.20. The van der Waals surface area contributed by atoms with Crippen molar-refractivity contribution in [2.75, 3.05) is 13.1 Å². The average Bonchev–Trinajstić information content (AvgIpc) is 3.34. The fourth-order valence-corrected chi connectivity index (χ4v) is 4.58. The summed E-state index contributed by atoms with van der Waals surface area (Å²) in [6, 6.07) is 0.272. The van der Waals surface area contributed by atoms with E-state index in [4.69, 9.17) is 0 Å². The van der Waals surface area contributed by atoms with Crippen LogP contribution in [0.25, 0.3) is 0 Å². The van der Waals surface area contributed by atoms with Crippen molar-refractivity contribution in [3.8, 4) is 0 Å². The lowest BCUT2D eigenvalue weighted by molar-refractivity contribution is -0.132. The molecule has 0 bridgehead atoms. The normalized spacial score (nSPS) is 25.9. The second-order valence-electron chi connectivity index (χ2n) is 6.59. The minimum atomic E-state index is -0.0682. The molecule has 2 fully saturated rings. The van der Waals surface area contributed by atoms with Crippen molar-refractivity contribution in [2.24, 2.45) is 5.92 Å². The summed E-state index contributed by atoms with van der Waals surface area (Å²) in [5, 5.41) is 9.71. The first-order chi connectivity index (χ1) is 12.1. The third-order valence-electron chi connectivity index (χ3n) is 5.11. The predicted octanol–water partition coefficient (Wildman–Crippen LogP) is 0.281. The Morgan fingerprint density at radius 2 is 2.28 bits per heavy atom. The Balaban J connectivity index is 1.49. The summed E-state index contributed by atoms with van der Waals surface area (Å²) in [6.07, 6.45) is 4.83. The van der Waals surface area contributed by atoms with E-state index < -0.39 is 0 Å². The second-order valence-corrected chi connectivity index (χ2v) is 7.20. The number of carbonyl (C=O) groups excluding carboxylic acids is 2. The molecule has 4 rings (SSSR count). The van der Waals surface area contributed by atoms with Crippen LogP contribution in [0.3, 0.4) is 0 Å². The summed E-state index contributed by atoms with van der Waals surface area (Å²) in [6.45, 7) is 3.54. The fraction of sp³-hybridized carbons (Fsp3) is 0.600. The van der Waals surface area contributed by atoms with Crippen molar-refractivity contribution in [1.29, 1.82) is 0 Å². The minimum absolute atomic E-state index is 0.0682. The Morgan fingerprint density at radius 1 is 1.40 bits per heavy atom. The number of hydrogen-bond donors (Lipinski definition) is 0. The Bertz CT molecular complexity index is 748. The maximum absolute atomic E-state index is 12.5. The zero-order valence-electron chi connectivity index (χ0n) is 13.9. The zero-order valence-corrected chi connectivity index (χ0v) is 14.7. The van der Waals surface area contributed by atoms with Gasteiger partial charge in [0.1, 0.15) is 12.7 Å². The number of piperidine rings is 1. The molecule has 0 N–H and O–H groups in total. The van der Waals surface area contributed by atoms with E-state index in [0.29, 0.717) is 25.3 Å². The van der Waals surface area contributed by atoms with Gasteiger partial charge >= 0.3 is 0 Å². The molecule has 25 heavy (non-hydrogen) atoms. The van der Waals surface area contributed by atoms with Gasteiger partial charge in [-0.3, -0.25) is 14.3 Å². The van der Waals surface area contributed by atoms with Gasteiger partial charge in [0, 0.05) is 31.4 Å². The van der Waals surface area contributed by atoms with Crippen molar-refractivity contribution >= 4 is 23.3 Å². The van der Waals surface area contributed by atoms with Gasteiger partial charge in [0.15, 0.2) is 5.69 Å². The Hall–Kier alpha value is -2.36. The van der Waals surface area contributed by atoms with Crippen LogP contribution in [-0.2, 0) is 11.3 Å². The molecule has 0 unspecified atom stereocenters. The monoisotopic (exact) mass is 361 g/mol. The van der Waals surface area contributed by atoms with Gasteiger partial charge in [0.2, 0.25) is 5.91 Å². The standard InChI is InChI=1S/C15H19N7O2S/c1-10(23)22-12(6-21-9-16-8-17-21)4-11-5-20(3-2-14(11)22)15(24)13-7-25-19-18-13/h7-9,11-12,14H,2-6H2,1H3/t11-,12+,14+/m1/s1. The van der Waals surface area contributed by atoms with Crippen molar-refractivity contribution in [1.82, 2.24) is 34.2 Å². The maximum Gasteiger partial charge on any atom is 0.275 e. The highest BCUT2D eigenvalue weighted by atomic mass is 32.1. The van der Waals surface area contributed by atoms with E-state index in [1.165, 1.54) is 17.9 Å². The van der Waals surface area contributed by atoms with Gasteiger partial charge in [-0.05, 0) is 30.3 Å². The summed E-state index contributed by atoms with van der Waals surface area (Å²) in [5.74, 6) is 0.295. The van der Waals surface area contributed by atoms with E-state index in [1.54, 1.807) is 23.3 Å². The Labute approximate surface area is 148 Å². The summed E-state index contributed by atoms with van der Waals surface area (Å²) in [7, 11) is 0. The predicted molar refractivity (Wildman–Crippen MR) is 88.7 cm³/mol. The smallest absolute Gasteiger partial charge is 0.275 e. The minimum Gasteiger partial charge on any atom is -0.337 e. The molecule has 0 spiro atoms. The number of nitrogens with zero attached hydrogens (tertiary/aromatic N) is 7. The van der Waals surface area contributed by atoms with Gasteiger partial charge in [-0.1, -0.05) is 4.49 Å². The highest BCUT2D eigenvalue weighted by Crippen LogP contribution is 2.36. The second kappa shape index (κ2) is 6.51. The molecule has 0 radical (unpaired) electrons. The summed E-state index contributed by atoms with van der Waals surface area (Å²) in [5.41, 5.74) is 0.407.